The summed E-state index contributed by atoms with van der Waals surface area (Å²) in [6.07, 6.45) is 0. The Balaban J connectivity index is 2.04. The van der Waals surface area contributed by atoms with E-state index in [2.05, 4.69) is 11.1 Å². The smallest absolute Gasteiger partial charge is 0.190 e. The lowest BCUT2D eigenvalue weighted by Crippen LogP contribution is -2.12. The molecule has 0 fully saturated rings. The molecule has 0 aliphatic carbocycles. The quantitative estimate of drug-likeness (QED) is 0.688. The molecule has 3 aromatic rings. The molecule has 0 saturated heterocycles. The number of carbonyl (C=O) groups is 1. The van der Waals surface area contributed by atoms with Crippen LogP contribution >= 0.6 is 11.3 Å². The Morgan fingerprint density at radius 1 is 1.23 bits per heavy atom. The second-order valence-corrected chi connectivity index (χ2v) is 5.71. The van der Waals surface area contributed by atoms with Crippen LogP contribution in [0.1, 0.15) is 21.3 Å². The van der Waals surface area contributed by atoms with Gasteiger partial charge in [-0.05, 0) is 24.3 Å². The molecule has 22 heavy (non-hydrogen) atoms. The fourth-order valence-corrected chi connectivity index (χ4v) is 3.25. The Morgan fingerprint density at radius 3 is 2.68 bits per heavy atom. The molecule has 0 aliphatic rings. The summed E-state index contributed by atoms with van der Waals surface area (Å²) in [7, 11) is 1.51. The van der Waals surface area contributed by atoms with E-state index in [0.29, 0.717) is 16.3 Å². The predicted octanol–water partition coefficient (Wildman–Crippen LogP) is 3.79. The van der Waals surface area contributed by atoms with Gasteiger partial charge in [0.25, 0.3) is 0 Å². The minimum Gasteiger partial charge on any atom is -0.496 e. The van der Waals surface area contributed by atoms with Crippen molar-refractivity contribution in [3.05, 3.63) is 59.1 Å². The molecule has 0 amide bonds. The van der Waals surface area contributed by atoms with Gasteiger partial charge in [-0.15, -0.1) is 11.3 Å². The first-order chi connectivity index (χ1) is 10.7. The lowest BCUT2D eigenvalue weighted by Gasteiger charge is -2.09. The van der Waals surface area contributed by atoms with Gasteiger partial charge in [-0.2, -0.15) is 5.26 Å². The number of benzene rings is 2. The zero-order valence-corrected chi connectivity index (χ0v) is 12.6. The maximum atomic E-state index is 12.7. The van der Waals surface area contributed by atoms with Crippen molar-refractivity contribution in [2.75, 3.05) is 7.11 Å². The number of nitriles is 1. The van der Waals surface area contributed by atoms with Crippen molar-refractivity contribution >= 4 is 27.3 Å². The third-order valence-electron chi connectivity index (χ3n) is 3.32. The maximum Gasteiger partial charge on any atom is 0.190 e. The topological polar surface area (TPSA) is 63.0 Å². The second-order valence-electron chi connectivity index (χ2n) is 4.65. The summed E-state index contributed by atoms with van der Waals surface area (Å²) in [4.78, 5) is 17.1. The van der Waals surface area contributed by atoms with Crippen molar-refractivity contribution in [2.24, 2.45) is 0 Å². The van der Waals surface area contributed by atoms with Gasteiger partial charge in [0, 0.05) is 0 Å². The Hall–Kier alpha value is -2.71. The van der Waals surface area contributed by atoms with E-state index < -0.39 is 5.92 Å². The molecule has 1 atom stereocenters. The number of carbonyl (C=O) groups excluding carboxylic acids is 1. The fraction of sp³-hybridized carbons (Fsp3) is 0.118. The molecule has 1 aromatic heterocycles. The van der Waals surface area contributed by atoms with Crippen LogP contribution in [-0.2, 0) is 0 Å². The average Bonchev–Trinajstić information content (AvgIpc) is 2.98. The van der Waals surface area contributed by atoms with E-state index in [0.717, 1.165) is 10.2 Å². The Labute approximate surface area is 131 Å². The molecule has 1 unspecified atom stereocenters. The van der Waals surface area contributed by atoms with Gasteiger partial charge in [0.05, 0.1) is 29.0 Å². The number of ether oxygens (including phenoxy) is 1. The highest BCUT2D eigenvalue weighted by molar-refractivity contribution is 7.18. The molecule has 0 N–H and O–H groups in total. The maximum absolute atomic E-state index is 12.7. The van der Waals surface area contributed by atoms with Crippen LogP contribution in [-0.4, -0.2) is 17.9 Å². The molecule has 4 nitrogen and oxygen atoms in total. The van der Waals surface area contributed by atoms with E-state index in [-0.39, 0.29) is 5.78 Å². The van der Waals surface area contributed by atoms with Crippen LogP contribution in [0.2, 0.25) is 0 Å². The summed E-state index contributed by atoms with van der Waals surface area (Å²) >= 11 is 1.37. The zero-order chi connectivity index (χ0) is 15.5. The van der Waals surface area contributed by atoms with Crippen molar-refractivity contribution in [1.82, 2.24) is 4.98 Å². The van der Waals surface area contributed by atoms with E-state index in [1.165, 1.54) is 18.4 Å². The number of aromatic nitrogens is 1. The molecular weight excluding hydrogens is 296 g/mol. The summed E-state index contributed by atoms with van der Waals surface area (Å²) in [5.74, 6) is -0.749. The summed E-state index contributed by atoms with van der Waals surface area (Å²) in [6.45, 7) is 0. The summed E-state index contributed by atoms with van der Waals surface area (Å²) in [6, 6.07) is 16.6. The van der Waals surface area contributed by atoms with Crippen LogP contribution in [0, 0.1) is 11.3 Å². The van der Waals surface area contributed by atoms with E-state index >= 15 is 0 Å². The lowest BCUT2D eigenvalue weighted by molar-refractivity contribution is 0.0976. The Bertz CT molecular complexity index is 846. The Morgan fingerprint density at radius 2 is 1.95 bits per heavy atom. The average molecular weight is 308 g/mol. The van der Waals surface area contributed by atoms with Gasteiger partial charge in [-0.1, -0.05) is 24.3 Å². The number of methoxy groups -OCH3 is 1. The first-order valence-electron chi connectivity index (χ1n) is 6.67. The number of Topliss-reactive ketones (excluding diaryl/α,β-unsaturated/α-hetero) is 1. The highest BCUT2D eigenvalue weighted by atomic mass is 32.1. The van der Waals surface area contributed by atoms with E-state index in [4.69, 9.17) is 4.74 Å². The van der Waals surface area contributed by atoms with Crippen LogP contribution < -0.4 is 4.74 Å². The SMILES string of the molecule is COc1ccccc1C(=O)C(C#N)c1nc2ccccc2s1. The summed E-state index contributed by atoms with van der Waals surface area (Å²) < 4.78 is 6.17. The molecule has 108 valence electrons. The highest BCUT2D eigenvalue weighted by Gasteiger charge is 2.27. The van der Waals surface area contributed by atoms with Crippen LogP contribution in [0.3, 0.4) is 0 Å². The predicted molar refractivity (Wildman–Crippen MR) is 85.3 cm³/mol. The van der Waals surface area contributed by atoms with Crippen molar-refractivity contribution < 1.29 is 9.53 Å². The van der Waals surface area contributed by atoms with Gasteiger partial charge >= 0.3 is 0 Å². The molecule has 2 aromatic carbocycles. The monoisotopic (exact) mass is 308 g/mol. The van der Waals surface area contributed by atoms with Crippen molar-refractivity contribution in [1.29, 1.82) is 5.26 Å². The highest BCUT2D eigenvalue weighted by Crippen LogP contribution is 2.31. The molecule has 3 rings (SSSR count). The minimum absolute atomic E-state index is 0.293. The minimum atomic E-state index is -0.923. The lowest BCUT2D eigenvalue weighted by atomic mass is 9.98. The molecule has 1 heterocycles. The van der Waals surface area contributed by atoms with Gasteiger partial charge in [-0.25, -0.2) is 4.98 Å². The fourth-order valence-electron chi connectivity index (χ4n) is 2.24. The van der Waals surface area contributed by atoms with E-state index in [1.807, 2.05) is 24.3 Å². The molecule has 0 saturated carbocycles. The third-order valence-corrected chi connectivity index (χ3v) is 4.42. The first kappa shape index (κ1) is 14.2. The van der Waals surface area contributed by atoms with Crippen LogP contribution in [0.15, 0.2) is 48.5 Å². The van der Waals surface area contributed by atoms with Gasteiger partial charge in [0.15, 0.2) is 11.7 Å². The number of rotatable bonds is 4. The number of fused-ring (bicyclic) bond motifs is 1. The molecule has 0 radical (unpaired) electrons. The van der Waals surface area contributed by atoms with E-state index in [9.17, 15) is 10.1 Å². The number of thiazole rings is 1. The number of hydrogen-bond acceptors (Lipinski definition) is 5. The third kappa shape index (κ3) is 2.45. The van der Waals surface area contributed by atoms with Crippen molar-refractivity contribution in [3.8, 4) is 11.8 Å². The summed E-state index contributed by atoms with van der Waals surface area (Å²) in [5, 5.41) is 9.97. The number of nitrogens with zero attached hydrogens (tertiary/aromatic N) is 2. The molecular formula is C17H12N2O2S. The number of hydrogen-bond donors (Lipinski definition) is 0. The molecule has 5 heteroatoms. The van der Waals surface area contributed by atoms with Crippen LogP contribution in [0.25, 0.3) is 10.2 Å². The van der Waals surface area contributed by atoms with Gasteiger partial charge in [0.2, 0.25) is 0 Å². The number of ketones is 1. The van der Waals surface area contributed by atoms with Gasteiger partial charge in [0.1, 0.15) is 10.8 Å². The van der Waals surface area contributed by atoms with Crippen molar-refractivity contribution in [3.63, 3.8) is 0 Å². The Kier molecular flexibility index (Phi) is 3.86. The second kappa shape index (κ2) is 5.96. The first-order valence-corrected chi connectivity index (χ1v) is 7.48. The van der Waals surface area contributed by atoms with Gasteiger partial charge < -0.3 is 4.74 Å². The largest absolute Gasteiger partial charge is 0.496 e. The van der Waals surface area contributed by atoms with Crippen LogP contribution in [0.4, 0.5) is 0 Å². The van der Waals surface area contributed by atoms with Gasteiger partial charge in [-0.3, -0.25) is 4.79 Å². The zero-order valence-electron chi connectivity index (χ0n) is 11.8. The molecule has 0 spiro atoms. The standard InChI is InChI=1S/C17H12N2O2S/c1-21-14-8-4-2-6-11(14)16(20)12(10-18)17-19-13-7-3-5-9-15(13)22-17/h2-9,12H,1H3. The van der Waals surface area contributed by atoms with Crippen LogP contribution in [0.5, 0.6) is 5.75 Å². The molecule has 0 aliphatic heterocycles. The van der Waals surface area contributed by atoms with Crippen molar-refractivity contribution in [2.45, 2.75) is 5.92 Å². The number of para-hydroxylation sites is 2. The normalized spacial score (nSPS) is 11.8. The molecule has 0 bridgehead atoms. The van der Waals surface area contributed by atoms with E-state index in [1.54, 1.807) is 24.3 Å². The summed E-state index contributed by atoms with van der Waals surface area (Å²) in [5.41, 5.74) is 1.20.